The Balaban J connectivity index is 4.51. The molecule has 0 aromatic heterocycles. The van der Waals surface area contributed by atoms with Gasteiger partial charge in [-0.1, -0.05) is 0 Å². The van der Waals surface area contributed by atoms with Crippen molar-refractivity contribution in [1.82, 2.24) is 10.6 Å². The lowest BCUT2D eigenvalue weighted by Crippen LogP contribution is -2.50. The first kappa shape index (κ1) is 22.5. The highest BCUT2D eigenvalue weighted by Crippen LogP contribution is 2.21. The van der Waals surface area contributed by atoms with Crippen molar-refractivity contribution in [3.63, 3.8) is 0 Å². The summed E-state index contributed by atoms with van der Waals surface area (Å²) in [5.41, 5.74) is -1.96. The third-order valence-electron chi connectivity index (χ3n) is 3.05. The van der Waals surface area contributed by atoms with E-state index in [1.807, 2.05) is 69.2 Å². The van der Waals surface area contributed by atoms with E-state index in [0.717, 1.165) is 0 Å². The molecule has 0 heterocycles. The standard InChI is InChI=1S/C18H36N2O4/c1-15(2,3)23-13(21)19-17(7,8)11-12-18(9,10)20-14(22)24-16(4,5)6/h11-12H2,1-10H3,(H,19,21)(H,20,22). The van der Waals surface area contributed by atoms with Gasteiger partial charge in [-0.25, -0.2) is 9.59 Å². The van der Waals surface area contributed by atoms with Crippen LogP contribution in [0.25, 0.3) is 0 Å². The summed E-state index contributed by atoms with van der Waals surface area (Å²) in [7, 11) is 0. The molecule has 0 saturated carbocycles. The van der Waals surface area contributed by atoms with Crippen molar-refractivity contribution in [2.24, 2.45) is 0 Å². The van der Waals surface area contributed by atoms with Gasteiger partial charge in [-0.05, 0) is 82.1 Å². The fraction of sp³-hybridized carbons (Fsp3) is 0.889. The van der Waals surface area contributed by atoms with Crippen molar-refractivity contribution < 1.29 is 19.1 Å². The topological polar surface area (TPSA) is 76.7 Å². The van der Waals surface area contributed by atoms with E-state index in [2.05, 4.69) is 10.6 Å². The summed E-state index contributed by atoms with van der Waals surface area (Å²) in [5.74, 6) is 0. The monoisotopic (exact) mass is 344 g/mol. The Morgan fingerprint density at radius 2 is 0.875 bits per heavy atom. The van der Waals surface area contributed by atoms with Gasteiger partial charge in [-0.3, -0.25) is 0 Å². The second-order valence-corrected chi connectivity index (χ2v) is 9.52. The predicted octanol–water partition coefficient (Wildman–Crippen LogP) is 4.37. The number of alkyl carbamates (subject to hydrolysis) is 2. The molecule has 0 atom stereocenters. The fourth-order valence-electron chi connectivity index (χ4n) is 1.91. The van der Waals surface area contributed by atoms with Gasteiger partial charge in [0.15, 0.2) is 0 Å². The Morgan fingerprint density at radius 1 is 0.625 bits per heavy atom. The minimum absolute atomic E-state index is 0.439. The van der Waals surface area contributed by atoms with Gasteiger partial charge in [0.25, 0.3) is 0 Å². The molecule has 0 aromatic carbocycles. The van der Waals surface area contributed by atoms with Crippen LogP contribution in [0.2, 0.25) is 0 Å². The number of carbonyl (C=O) groups is 2. The van der Waals surface area contributed by atoms with Crippen LogP contribution in [-0.2, 0) is 9.47 Å². The van der Waals surface area contributed by atoms with E-state index in [0.29, 0.717) is 12.8 Å². The van der Waals surface area contributed by atoms with Crippen LogP contribution < -0.4 is 10.6 Å². The lowest BCUT2D eigenvalue weighted by Gasteiger charge is -2.33. The zero-order valence-electron chi connectivity index (χ0n) is 17.0. The highest BCUT2D eigenvalue weighted by atomic mass is 16.6. The Bertz CT molecular complexity index is 401. The number of hydrogen-bond acceptors (Lipinski definition) is 4. The Kier molecular flexibility index (Phi) is 7.15. The summed E-state index contributed by atoms with van der Waals surface area (Å²) >= 11 is 0. The quantitative estimate of drug-likeness (QED) is 0.776. The maximum atomic E-state index is 11.9. The molecule has 0 radical (unpaired) electrons. The zero-order chi connectivity index (χ0) is 19.4. The maximum Gasteiger partial charge on any atom is 0.408 e. The van der Waals surface area contributed by atoms with Crippen LogP contribution in [0.1, 0.15) is 82.1 Å². The van der Waals surface area contributed by atoms with Crippen LogP contribution in [0, 0.1) is 0 Å². The van der Waals surface area contributed by atoms with Crippen molar-refractivity contribution in [3.8, 4) is 0 Å². The Labute approximate surface area is 147 Å². The van der Waals surface area contributed by atoms with Gasteiger partial charge in [0.1, 0.15) is 11.2 Å². The summed E-state index contributed by atoms with van der Waals surface area (Å²) in [6.07, 6.45) is 0.472. The molecule has 0 aliphatic rings. The van der Waals surface area contributed by atoms with Crippen LogP contribution in [0.3, 0.4) is 0 Å². The summed E-state index contributed by atoms with van der Waals surface area (Å²) in [6, 6.07) is 0. The highest BCUT2D eigenvalue weighted by Gasteiger charge is 2.29. The van der Waals surface area contributed by atoms with Crippen molar-refractivity contribution in [3.05, 3.63) is 0 Å². The molecule has 0 aliphatic heterocycles. The summed E-state index contributed by atoms with van der Waals surface area (Å²) < 4.78 is 10.6. The van der Waals surface area contributed by atoms with Crippen molar-refractivity contribution in [1.29, 1.82) is 0 Å². The van der Waals surface area contributed by atoms with Gasteiger partial charge in [-0.15, -0.1) is 0 Å². The average molecular weight is 344 g/mol. The SMILES string of the molecule is CC(C)(CCC(C)(C)NC(=O)OC(C)(C)C)NC(=O)OC(C)(C)C. The van der Waals surface area contributed by atoms with Gasteiger partial charge in [-0.2, -0.15) is 0 Å². The molecule has 2 N–H and O–H groups in total. The molecule has 0 rings (SSSR count). The molecule has 0 bridgehead atoms. The third-order valence-corrected chi connectivity index (χ3v) is 3.05. The number of ether oxygens (including phenoxy) is 2. The average Bonchev–Trinajstić information content (AvgIpc) is 2.19. The van der Waals surface area contributed by atoms with E-state index in [1.54, 1.807) is 0 Å². The van der Waals surface area contributed by atoms with E-state index >= 15 is 0 Å². The molecule has 6 nitrogen and oxygen atoms in total. The Morgan fingerprint density at radius 3 is 1.08 bits per heavy atom. The van der Waals surface area contributed by atoms with Gasteiger partial charge in [0.05, 0.1) is 0 Å². The highest BCUT2D eigenvalue weighted by molar-refractivity contribution is 5.69. The molecule has 142 valence electrons. The molecule has 0 unspecified atom stereocenters. The van der Waals surface area contributed by atoms with Crippen LogP contribution in [-0.4, -0.2) is 34.5 Å². The van der Waals surface area contributed by atoms with E-state index in [1.165, 1.54) is 0 Å². The number of amides is 2. The summed E-state index contributed by atoms with van der Waals surface area (Å²) in [4.78, 5) is 23.8. The van der Waals surface area contributed by atoms with E-state index in [4.69, 9.17) is 9.47 Å². The second kappa shape index (κ2) is 7.62. The van der Waals surface area contributed by atoms with Gasteiger partial charge in [0, 0.05) is 11.1 Å². The van der Waals surface area contributed by atoms with Crippen molar-refractivity contribution in [2.75, 3.05) is 0 Å². The number of nitrogens with one attached hydrogen (secondary N) is 2. The molecular weight excluding hydrogens is 308 g/mol. The van der Waals surface area contributed by atoms with Crippen molar-refractivity contribution in [2.45, 2.75) is 104 Å². The van der Waals surface area contributed by atoms with E-state index < -0.39 is 34.5 Å². The van der Waals surface area contributed by atoms with E-state index in [9.17, 15) is 9.59 Å². The molecule has 0 aliphatic carbocycles. The predicted molar refractivity (Wildman–Crippen MR) is 96.1 cm³/mol. The Hall–Kier alpha value is -1.46. The van der Waals surface area contributed by atoms with E-state index in [-0.39, 0.29) is 0 Å². The molecule has 24 heavy (non-hydrogen) atoms. The summed E-state index contributed by atoms with van der Waals surface area (Å²) in [6.45, 7) is 18.7. The van der Waals surface area contributed by atoms with Crippen LogP contribution >= 0.6 is 0 Å². The first-order valence-electron chi connectivity index (χ1n) is 8.43. The molecular formula is C18H36N2O4. The van der Waals surface area contributed by atoms with Crippen LogP contribution in [0.5, 0.6) is 0 Å². The minimum Gasteiger partial charge on any atom is -0.444 e. The first-order valence-corrected chi connectivity index (χ1v) is 8.43. The van der Waals surface area contributed by atoms with Crippen LogP contribution in [0.4, 0.5) is 9.59 Å². The lowest BCUT2D eigenvalue weighted by molar-refractivity contribution is 0.0423. The molecule has 6 heteroatoms. The first-order chi connectivity index (χ1) is 10.4. The van der Waals surface area contributed by atoms with Crippen molar-refractivity contribution >= 4 is 12.2 Å². The fourth-order valence-corrected chi connectivity index (χ4v) is 1.91. The molecule has 0 aromatic rings. The normalized spacial score (nSPS) is 13.2. The number of carbonyl (C=O) groups excluding carboxylic acids is 2. The van der Waals surface area contributed by atoms with Gasteiger partial charge < -0.3 is 20.1 Å². The molecule has 0 saturated heterocycles. The largest absolute Gasteiger partial charge is 0.444 e. The molecule has 2 amide bonds. The minimum atomic E-state index is -0.530. The smallest absolute Gasteiger partial charge is 0.408 e. The molecule has 0 spiro atoms. The summed E-state index contributed by atoms with van der Waals surface area (Å²) in [5, 5.41) is 5.74. The third kappa shape index (κ3) is 12.0. The second-order valence-electron chi connectivity index (χ2n) is 9.52. The number of hydrogen-bond donors (Lipinski definition) is 2. The zero-order valence-corrected chi connectivity index (χ0v) is 17.0. The lowest BCUT2D eigenvalue weighted by atomic mass is 9.89. The van der Waals surface area contributed by atoms with Gasteiger partial charge >= 0.3 is 12.2 Å². The molecule has 0 fully saturated rings. The maximum absolute atomic E-state index is 11.9. The van der Waals surface area contributed by atoms with Crippen LogP contribution in [0.15, 0.2) is 0 Å². The number of rotatable bonds is 5. The van der Waals surface area contributed by atoms with Gasteiger partial charge in [0.2, 0.25) is 0 Å².